The third-order valence-corrected chi connectivity index (χ3v) is 5.70. The van der Waals surface area contributed by atoms with Crippen LogP contribution in [0, 0.1) is 0 Å². The van der Waals surface area contributed by atoms with Crippen molar-refractivity contribution in [1.82, 2.24) is 25.2 Å². The predicted octanol–water partition coefficient (Wildman–Crippen LogP) is 3.21. The van der Waals surface area contributed by atoms with E-state index in [9.17, 15) is 9.59 Å². The Bertz CT molecular complexity index is 1120. The van der Waals surface area contributed by atoms with Crippen LogP contribution in [0.1, 0.15) is 17.3 Å². The van der Waals surface area contributed by atoms with Crippen LogP contribution in [0.15, 0.2) is 53.7 Å². The standard InChI is InChI=1S/C18H14N6O2S2/c1-11(25)12-6-8-13(9-7-12)24-18(21-22-23-24)27-10-16(26)20-17-19-14-4-2-3-5-15(14)28-17/h2-9H,10H2,1H3,(H,19,20,26). The lowest BCUT2D eigenvalue weighted by Gasteiger charge is -2.05. The fraction of sp³-hybridized carbons (Fsp3) is 0.111. The molecule has 2 heterocycles. The van der Waals surface area contributed by atoms with Crippen molar-refractivity contribution < 1.29 is 9.59 Å². The van der Waals surface area contributed by atoms with Gasteiger partial charge in [-0.05, 0) is 53.7 Å². The second-order valence-corrected chi connectivity index (χ2v) is 7.77. The fourth-order valence-corrected chi connectivity index (χ4v) is 4.05. The molecule has 2 aromatic carbocycles. The number of para-hydroxylation sites is 1. The molecule has 0 saturated carbocycles. The third kappa shape index (κ3) is 3.92. The van der Waals surface area contributed by atoms with Crippen LogP contribution in [-0.4, -0.2) is 42.6 Å². The predicted molar refractivity (Wildman–Crippen MR) is 108 cm³/mol. The number of hydrogen-bond acceptors (Lipinski definition) is 8. The van der Waals surface area contributed by atoms with Crippen LogP contribution in [0.3, 0.4) is 0 Å². The number of hydrogen-bond donors (Lipinski definition) is 1. The summed E-state index contributed by atoms with van der Waals surface area (Å²) in [7, 11) is 0. The van der Waals surface area contributed by atoms with Crippen LogP contribution in [0.4, 0.5) is 5.13 Å². The number of rotatable bonds is 6. The van der Waals surface area contributed by atoms with Crippen LogP contribution in [-0.2, 0) is 4.79 Å². The van der Waals surface area contributed by atoms with Gasteiger partial charge in [0.15, 0.2) is 10.9 Å². The summed E-state index contributed by atoms with van der Waals surface area (Å²) in [5.41, 5.74) is 2.18. The number of anilines is 1. The van der Waals surface area contributed by atoms with Gasteiger partial charge in [0.05, 0.1) is 21.7 Å². The van der Waals surface area contributed by atoms with Crippen molar-refractivity contribution in [3.63, 3.8) is 0 Å². The first-order valence-electron chi connectivity index (χ1n) is 8.28. The molecular formula is C18H14N6O2S2. The van der Waals surface area contributed by atoms with Crippen molar-refractivity contribution in [3.05, 3.63) is 54.1 Å². The summed E-state index contributed by atoms with van der Waals surface area (Å²) < 4.78 is 2.54. The van der Waals surface area contributed by atoms with E-state index in [1.54, 1.807) is 24.3 Å². The molecule has 1 N–H and O–H groups in total. The molecule has 0 atom stereocenters. The SMILES string of the molecule is CC(=O)c1ccc(-n2nnnc2SCC(=O)Nc2nc3ccccc3s2)cc1. The van der Waals surface area contributed by atoms with Crippen LogP contribution >= 0.6 is 23.1 Å². The van der Waals surface area contributed by atoms with Crippen molar-refractivity contribution in [1.29, 1.82) is 0 Å². The number of thioether (sulfide) groups is 1. The number of ketones is 1. The van der Waals surface area contributed by atoms with Gasteiger partial charge >= 0.3 is 0 Å². The quantitative estimate of drug-likeness (QED) is 0.385. The van der Waals surface area contributed by atoms with Gasteiger partial charge in [-0.1, -0.05) is 35.2 Å². The molecule has 2 aromatic heterocycles. The minimum atomic E-state index is -0.189. The maximum absolute atomic E-state index is 12.3. The summed E-state index contributed by atoms with van der Waals surface area (Å²) >= 11 is 2.65. The average Bonchev–Trinajstić information content (AvgIpc) is 3.32. The Morgan fingerprint density at radius 1 is 1.14 bits per heavy atom. The lowest BCUT2D eigenvalue weighted by Crippen LogP contribution is -2.14. The van der Waals surface area contributed by atoms with Gasteiger partial charge in [-0.25, -0.2) is 4.98 Å². The van der Waals surface area contributed by atoms with Gasteiger partial charge in [-0.3, -0.25) is 9.59 Å². The Labute approximate surface area is 168 Å². The molecule has 140 valence electrons. The van der Waals surface area contributed by atoms with Gasteiger partial charge in [0.2, 0.25) is 11.1 Å². The monoisotopic (exact) mass is 410 g/mol. The minimum Gasteiger partial charge on any atom is -0.301 e. The summed E-state index contributed by atoms with van der Waals surface area (Å²) in [4.78, 5) is 28.1. The van der Waals surface area contributed by atoms with Crippen LogP contribution in [0.2, 0.25) is 0 Å². The molecule has 0 aliphatic rings. The van der Waals surface area contributed by atoms with E-state index in [0.717, 1.165) is 10.2 Å². The first-order valence-corrected chi connectivity index (χ1v) is 10.1. The molecule has 4 rings (SSSR count). The summed E-state index contributed by atoms with van der Waals surface area (Å²) in [5, 5.41) is 15.5. The molecule has 0 aliphatic heterocycles. The van der Waals surface area contributed by atoms with Crippen molar-refractivity contribution in [3.8, 4) is 5.69 Å². The number of benzene rings is 2. The maximum Gasteiger partial charge on any atom is 0.236 e. The Kier molecular flexibility index (Phi) is 5.13. The largest absolute Gasteiger partial charge is 0.301 e. The Morgan fingerprint density at radius 3 is 2.68 bits per heavy atom. The molecule has 0 bridgehead atoms. The van der Waals surface area contributed by atoms with E-state index >= 15 is 0 Å². The van der Waals surface area contributed by atoms with Gasteiger partial charge in [0.25, 0.3) is 0 Å². The number of aromatic nitrogens is 5. The van der Waals surface area contributed by atoms with E-state index in [1.807, 2.05) is 24.3 Å². The molecule has 8 nitrogen and oxygen atoms in total. The zero-order valence-corrected chi connectivity index (χ0v) is 16.3. The van der Waals surface area contributed by atoms with E-state index in [-0.39, 0.29) is 17.4 Å². The minimum absolute atomic E-state index is 0.00983. The van der Waals surface area contributed by atoms with Crippen molar-refractivity contribution in [2.75, 3.05) is 11.1 Å². The van der Waals surface area contributed by atoms with Gasteiger partial charge in [0.1, 0.15) is 0 Å². The maximum atomic E-state index is 12.3. The molecule has 0 unspecified atom stereocenters. The van der Waals surface area contributed by atoms with E-state index in [4.69, 9.17) is 0 Å². The number of carbonyl (C=O) groups excluding carboxylic acids is 2. The van der Waals surface area contributed by atoms with Crippen LogP contribution in [0.5, 0.6) is 0 Å². The number of tetrazole rings is 1. The first-order chi connectivity index (χ1) is 13.6. The highest BCUT2D eigenvalue weighted by atomic mass is 32.2. The number of fused-ring (bicyclic) bond motifs is 1. The fourth-order valence-electron chi connectivity index (χ4n) is 2.48. The lowest BCUT2D eigenvalue weighted by molar-refractivity contribution is -0.113. The summed E-state index contributed by atoms with van der Waals surface area (Å²) in [5.74, 6) is -0.0584. The number of amides is 1. The van der Waals surface area contributed by atoms with Crippen molar-refractivity contribution in [2.45, 2.75) is 12.1 Å². The third-order valence-electron chi connectivity index (χ3n) is 3.83. The van der Waals surface area contributed by atoms with E-state index in [1.165, 1.54) is 34.7 Å². The molecule has 0 radical (unpaired) electrons. The van der Waals surface area contributed by atoms with Gasteiger partial charge < -0.3 is 5.32 Å². The molecule has 4 aromatic rings. The molecule has 1 amide bonds. The van der Waals surface area contributed by atoms with E-state index in [2.05, 4.69) is 25.8 Å². The number of nitrogens with zero attached hydrogens (tertiary/aromatic N) is 5. The Balaban J connectivity index is 1.42. The Morgan fingerprint density at radius 2 is 1.93 bits per heavy atom. The molecule has 28 heavy (non-hydrogen) atoms. The highest BCUT2D eigenvalue weighted by molar-refractivity contribution is 7.99. The summed E-state index contributed by atoms with van der Waals surface area (Å²) in [6.07, 6.45) is 0. The zero-order valence-electron chi connectivity index (χ0n) is 14.7. The van der Waals surface area contributed by atoms with E-state index in [0.29, 0.717) is 21.5 Å². The van der Waals surface area contributed by atoms with Crippen molar-refractivity contribution in [2.24, 2.45) is 0 Å². The van der Waals surface area contributed by atoms with Crippen LogP contribution in [0.25, 0.3) is 15.9 Å². The number of carbonyl (C=O) groups is 2. The second kappa shape index (κ2) is 7.87. The number of nitrogens with one attached hydrogen (secondary N) is 1. The zero-order chi connectivity index (χ0) is 19.5. The molecule has 0 spiro atoms. The molecule has 0 fully saturated rings. The molecular weight excluding hydrogens is 396 g/mol. The Hall–Kier alpha value is -3.11. The number of Topliss-reactive ketones (excluding diaryl/α,β-unsaturated/α-hetero) is 1. The normalized spacial score (nSPS) is 10.9. The van der Waals surface area contributed by atoms with Gasteiger partial charge in [0, 0.05) is 5.56 Å². The molecule has 0 aliphatic carbocycles. The summed E-state index contributed by atoms with van der Waals surface area (Å²) in [6, 6.07) is 14.7. The van der Waals surface area contributed by atoms with Gasteiger partial charge in [-0.2, -0.15) is 4.68 Å². The smallest absolute Gasteiger partial charge is 0.236 e. The van der Waals surface area contributed by atoms with E-state index < -0.39 is 0 Å². The lowest BCUT2D eigenvalue weighted by atomic mass is 10.1. The van der Waals surface area contributed by atoms with Crippen molar-refractivity contribution >= 4 is 50.1 Å². The topological polar surface area (TPSA) is 103 Å². The highest BCUT2D eigenvalue weighted by Gasteiger charge is 2.13. The second-order valence-electron chi connectivity index (χ2n) is 5.80. The summed E-state index contributed by atoms with van der Waals surface area (Å²) in [6.45, 7) is 1.51. The number of thiazole rings is 1. The highest BCUT2D eigenvalue weighted by Crippen LogP contribution is 2.26. The molecule has 10 heteroatoms. The average molecular weight is 410 g/mol. The molecule has 0 saturated heterocycles. The van der Waals surface area contributed by atoms with Crippen LogP contribution < -0.4 is 5.32 Å². The van der Waals surface area contributed by atoms with Gasteiger partial charge in [-0.15, -0.1) is 5.10 Å². The first kappa shape index (κ1) is 18.3.